The summed E-state index contributed by atoms with van der Waals surface area (Å²) in [6, 6.07) is 11.7. The fourth-order valence-corrected chi connectivity index (χ4v) is 2.44. The van der Waals surface area contributed by atoms with Crippen molar-refractivity contribution in [3.05, 3.63) is 65.2 Å². The van der Waals surface area contributed by atoms with Crippen LogP contribution in [0.25, 0.3) is 11.0 Å². The monoisotopic (exact) mass is 323 g/mol. The highest BCUT2D eigenvalue weighted by molar-refractivity contribution is 5.93. The Kier molecular flexibility index (Phi) is 4.51. The van der Waals surface area contributed by atoms with E-state index in [0.29, 0.717) is 18.5 Å². The summed E-state index contributed by atoms with van der Waals surface area (Å²) in [4.78, 5) is 21.1. The molecule has 3 rings (SSSR count). The molecule has 0 saturated carbocycles. The zero-order valence-electron chi connectivity index (χ0n) is 13.6. The number of halogens is 1. The average molecular weight is 323 g/mol. The molecule has 0 saturated heterocycles. The molecule has 4 nitrogen and oxygen atoms in total. The molecular weight excluding hydrogens is 305 g/mol. The van der Waals surface area contributed by atoms with Crippen molar-refractivity contribution in [1.29, 1.82) is 0 Å². The first-order valence-corrected chi connectivity index (χ1v) is 7.80. The number of amides is 1. The lowest BCUT2D eigenvalue weighted by atomic mass is 10.1. The molecule has 0 bridgehead atoms. The molecule has 0 aliphatic carbocycles. The van der Waals surface area contributed by atoms with Crippen LogP contribution in [0.3, 0.4) is 0 Å². The molecule has 122 valence electrons. The van der Waals surface area contributed by atoms with E-state index < -0.39 is 0 Å². The molecular formula is C19H18FN3O. The van der Waals surface area contributed by atoms with E-state index in [4.69, 9.17) is 0 Å². The molecule has 1 heterocycles. The minimum atomic E-state index is -0.272. The SMILES string of the molecule is Cc1nc2ccc(NC(=O)CCc3ccc(F)cc3)cc2nc1C. The van der Waals surface area contributed by atoms with E-state index in [9.17, 15) is 9.18 Å². The van der Waals surface area contributed by atoms with Gasteiger partial charge >= 0.3 is 0 Å². The summed E-state index contributed by atoms with van der Waals surface area (Å²) in [5, 5.41) is 2.87. The molecule has 0 unspecified atom stereocenters. The van der Waals surface area contributed by atoms with Gasteiger partial charge in [-0.15, -0.1) is 0 Å². The number of rotatable bonds is 4. The molecule has 1 N–H and O–H groups in total. The molecule has 0 radical (unpaired) electrons. The van der Waals surface area contributed by atoms with Gasteiger partial charge in [-0.25, -0.2) is 14.4 Å². The van der Waals surface area contributed by atoms with Crippen LogP contribution in [0.5, 0.6) is 0 Å². The highest BCUT2D eigenvalue weighted by Gasteiger charge is 2.06. The van der Waals surface area contributed by atoms with Gasteiger partial charge in [-0.1, -0.05) is 12.1 Å². The van der Waals surface area contributed by atoms with Crippen LogP contribution in [-0.2, 0) is 11.2 Å². The van der Waals surface area contributed by atoms with Crippen molar-refractivity contribution in [3.63, 3.8) is 0 Å². The summed E-state index contributed by atoms with van der Waals surface area (Å²) < 4.78 is 12.9. The smallest absolute Gasteiger partial charge is 0.224 e. The predicted octanol–water partition coefficient (Wildman–Crippen LogP) is 3.96. The number of aromatic nitrogens is 2. The molecule has 0 atom stereocenters. The Balaban J connectivity index is 1.66. The molecule has 1 aromatic heterocycles. The number of hydrogen-bond donors (Lipinski definition) is 1. The van der Waals surface area contributed by atoms with Gasteiger partial charge in [0.1, 0.15) is 5.82 Å². The maximum absolute atomic E-state index is 12.9. The number of benzene rings is 2. The third kappa shape index (κ3) is 3.74. The normalized spacial score (nSPS) is 10.8. The third-order valence-electron chi connectivity index (χ3n) is 3.91. The molecule has 2 aromatic carbocycles. The maximum Gasteiger partial charge on any atom is 0.224 e. The second-order valence-corrected chi connectivity index (χ2v) is 5.77. The first-order chi connectivity index (χ1) is 11.5. The van der Waals surface area contributed by atoms with Gasteiger partial charge in [0.25, 0.3) is 0 Å². The lowest BCUT2D eigenvalue weighted by Crippen LogP contribution is -2.12. The van der Waals surface area contributed by atoms with Crippen molar-refractivity contribution >= 4 is 22.6 Å². The van der Waals surface area contributed by atoms with Crippen molar-refractivity contribution in [1.82, 2.24) is 9.97 Å². The third-order valence-corrected chi connectivity index (χ3v) is 3.91. The Morgan fingerprint density at radius 3 is 2.38 bits per heavy atom. The zero-order valence-corrected chi connectivity index (χ0v) is 13.6. The number of hydrogen-bond acceptors (Lipinski definition) is 3. The first kappa shape index (κ1) is 16.1. The topological polar surface area (TPSA) is 54.9 Å². The largest absolute Gasteiger partial charge is 0.326 e. The van der Waals surface area contributed by atoms with Crippen molar-refractivity contribution in [2.75, 3.05) is 5.32 Å². The zero-order chi connectivity index (χ0) is 17.1. The number of carbonyl (C=O) groups is 1. The molecule has 3 aromatic rings. The number of nitrogens with one attached hydrogen (secondary N) is 1. The fraction of sp³-hybridized carbons (Fsp3) is 0.211. The average Bonchev–Trinajstić information content (AvgIpc) is 2.56. The predicted molar refractivity (Wildman–Crippen MR) is 92.4 cm³/mol. The Bertz CT molecular complexity index is 891. The van der Waals surface area contributed by atoms with E-state index in [1.165, 1.54) is 12.1 Å². The van der Waals surface area contributed by atoms with Gasteiger partial charge in [0.15, 0.2) is 0 Å². The molecule has 0 aliphatic rings. The molecule has 0 spiro atoms. The van der Waals surface area contributed by atoms with Crippen LogP contribution in [0, 0.1) is 19.7 Å². The van der Waals surface area contributed by atoms with E-state index in [2.05, 4.69) is 15.3 Å². The van der Waals surface area contributed by atoms with E-state index in [1.54, 1.807) is 12.1 Å². The molecule has 0 aliphatic heterocycles. The van der Waals surface area contributed by atoms with Crippen LogP contribution in [0.15, 0.2) is 42.5 Å². The molecule has 24 heavy (non-hydrogen) atoms. The Labute approximate surface area is 139 Å². The molecule has 1 amide bonds. The van der Waals surface area contributed by atoms with E-state index >= 15 is 0 Å². The van der Waals surface area contributed by atoms with Gasteiger partial charge < -0.3 is 5.32 Å². The highest BCUT2D eigenvalue weighted by atomic mass is 19.1. The summed E-state index contributed by atoms with van der Waals surface area (Å²) >= 11 is 0. The van der Waals surface area contributed by atoms with Gasteiger partial charge in [0.05, 0.1) is 22.4 Å². The highest BCUT2D eigenvalue weighted by Crippen LogP contribution is 2.18. The van der Waals surface area contributed by atoms with E-state index in [1.807, 2.05) is 32.0 Å². The van der Waals surface area contributed by atoms with Crippen molar-refractivity contribution in [2.24, 2.45) is 0 Å². The minimum Gasteiger partial charge on any atom is -0.326 e. The Morgan fingerprint density at radius 1 is 1.00 bits per heavy atom. The minimum absolute atomic E-state index is 0.0875. The van der Waals surface area contributed by atoms with Crippen molar-refractivity contribution < 1.29 is 9.18 Å². The quantitative estimate of drug-likeness (QED) is 0.791. The molecule has 0 fully saturated rings. The standard InChI is InChI=1S/C19H18FN3O/c1-12-13(2)22-18-11-16(8-9-17(18)21-12)23-19(24)10-5-14-3-6-15(20)7-4-14/h3-4,6-9,11H,5,10H2,1-2H3,(H,23,24). The Morgan fingerprint density at radius 2 is 1.67 bits per heavy atom. The van der Waals surface area contributed by atoms with Gasteiger partial charge in [0.2, 0.25) is 5.91 Å². The first-order valence-electron chi connectivity index (χ1n) is 7.80. The lowest BCUT2D eigenvalue weighted by Gasteiger charge is -2.07. The number of nitrogens with zero attached hydrogens (tertiary/aromatic N) is 2. The second kappa shape index (κ2) is 6.74. The summed E-state index contributed by atoms with van der Waals surface area (Å²) in [7, 11) is 0. The summed E-state index contributed by atoms with van der Waals surface area (Å²) in [6.45, 7) is 3.84. The summed E-state index contributed by atoms with van der Waals surface area (Å²) in [6.07, 6.45) is 0.903. The number of anilines is 1. The number of fused-ring (bicyclic) bond motifs is 1. The van der Waals surface area contributed by atoms with E-state index in [0.717, 1.165) is 28.0 Å². The number of carbonyl (C=O) groups excluding carboxylic acids is 1. The number of aryl methyl sites for hydroxylation is 3. The van der Waals surface area contributed by atoms with Crippen molar-refractivity contribution in [3.8, 4) is 0 Å². The fourth-order valence-electron chi connectivity index (χ4n) is 2.44. The molecule has 5 heteroatoms. The maximum atomic E-state index is 12.9. The van der Waals surface area contributed by atoms with Crippen LogP contribution in [0.2, 0.25) is 0 Å². The van der Waals surface area contributed by atoms with E-state index in [-0.39, 0.29) is 11.7 Å². The van der Waals surface area contributed by atoms with Gasteiger partial charge in [-0.3, -0.25) is 4.79 Å². The summed E-state index contributed by atoms with van der Waals surface area (Å²) in [5.41, 5.74) is 4.98. The second-order valence-electron chi connectivity index (χ2n) is 5.77. The van der Waals surface area contributed by atoms with Crippen LogP contribution >= 0.6 is 0 Å². The van der Waals surface area contributed by atoms with Crippen molar-refractivity contribution in [2.45, 2.75) is 26.7 Å². The van der Waals surface area contributed by atoms with Crippen LogP contribution in [-0.4, -0.2) is 15.9 Å². The van der Waals surface area contributed by atoms with Crippen LogP contribution in [0.4, 0.5) is 10.1 Å². The van der Waals surface area contributed by atoms with Gasteiger partial charge in [0, 0.05) is 12.1 Å². The Hall–Kier alpha value is -2.82. The van der Waals surface area contributed by atoms with Crippen LogP contribution < -0.4 is 5.32 Å². The van der Waals surface area contributed by atoms with Gasteiger partial charge in [-0.05, 0) is 56.2 Å². The summed E-state index contributed by atoms with van der Waals surface area (Å²) in [5.74, 6) is -0.360. The lowest BCUT2D eigenvalue weighted by molar-refractivity contribution is -0.116. The van der Waals surface area contributed by atoms with Gasteiger partial charge in [-0.2, -0.15) is 0 Å². The van der Waals surface area contributed by atoms with Crippen LogP contribution in [0.1, 0.15) is 23.4 Å².